The molecule has 0 amide bonds. The van der Waals surface area contributed by atoms with E-state index >= 15 is 0 Å². The lowest BCUT2D eigenvalue weighted by molar-refractivity contribution is -0.138. The summed E-state index contributed by atoms with van der Waals surface area (Å²) in [7, 11) is 1.64. The van der Waals surface area contributed by atoms with Gasteiger partial charge in [-0.05, 0) is 37.5 Å². The first kappa shape index (κ1) is 16.8. The van der Waals surface area contributed by atoms with Crippen LogP contribution in [-0.4, -0.2) is 40.7 Å². The van der Waals surface area contributed by atoms with Crippen LogP contribution in [0.3, 0.4) is 0 Å². The van der Waals surface area contributed by atoms with Crippen molar-refractivity contribution in [3.8, 4) is 16.9 Å². The molecule has 1 aromatic carbocycles. The van der Waals surface area contributed by atoms with Crippen LogP contribution in [0.15, 0.2) is 29.6 Å². The van der Waals surface area contributed by atoms with Crippen LogP contribution in [0.5, 0.6) is 5.75 Å². The predicted octanol–water partition coefficient (Wildman–Crippen LogP) is 3.73. The number of aryl methyl sites for hydroxylation is 1. The van der Waals surface area contributed by atoms with Gasteiger partial charge >= 0.3 is 5.97 Å². The van der Waals surface area contributed by atoms with Crippen molar-refractivity contribution in [2.24, 2.45) is 0 Å². The number of hydrogen-bond donors (Lipinski definition) is 1. The second-order valence-corrected chi connectivity index (χ2v) is 7.20. The van der Waals surface area contributed by atoms with E-state index in [1.165, 1.54) is 0 Å². The summed E-state index contributed by atoms with van der Waals surface area (Å²) in [6.45, 7) is 2.54. The molecular weight excluding hydrogens is 350 g/mol. The third-order valence-electron chi connectivity index (χ3n) is 4.74. The van der Waals surface area contributed by atoms with Crippen molar-refractivity contribution in [2.45, 2.75) is 25.8 Å². The van der Waals surface area contributed by atoms with Crippen LogP contribution < -0.4 is 9.64 Å². The molecule has 26 heavy (non-hydrogen) atoms. The van der Waals surface area contributed by atoms with Crippen molar-refractivity contribution in [1.29, 1.82) is 0 Å². The van der Waals surface area contributed by atoms with Crippen LogP contribution in [-0.2, 0) is 4.79 Å². The van der Waals surface area contributed by atoms with Crippen LogP contribution in [0.1, 0.15) is 18.7 Å². The molecule has 2 aromatic heterocycles. The van der Waals surface area contributed by atoms with E-state index in [2.05, 4.69) is 15.3 Å². The van der Waals surface area contributed by atoms with Crippen LogP contribution in [0.2, 0.25) is 0 Å². The van der Waals surface area contributed by atoms with Gasteiger partial charge in [0.1, 0.15) is 28.3 Å². The molecule has 7 heteroatoms. The van der Waals surface area contributed by atoms with Gasteiger partial charge in [0.25, 0.3) is 0 Å². The molecule has 1 fully saturated rings. The second kappa shape index (κ2) is 6.57. The lowest BCUT2D eigenvalue weighted by atomic mass is 10.1. The Morgan fingerprint density at radius 1 is 1.31 bits per heavy atom. The number of carboxylic acids is 1. The molecule has 6 nitrogen and oxygen atoms in total. The molecule has 1 aliphatic heterocycles. The highest BCUT2D eigenvalue weighted by Crippen LogP contribution is 2.40. The highest BCUT2D eigenvalue weighted by atomic mass is 32.1. The van der Waals surface area contributed by atoms with Gasteiger partial charge in [0.15, 0.2) is 0 Å². The minimum atomic E-state index is -0.798. The molecule has 1 unspecified atom stereocenters. The molecule has 0 spiro atoms. The number of benzene rings is 1. The molecule has 1 atom stereocenters. The molecule has 0 bridgehead atoms. The minimum absolute atomic E-state index is 0.531. The average Bonchev–Trinajstić information content (AvgIpc) is 3.28. The first-order chi connectivity index (χ1) is 12.6. The maximum atomic E-state index is 11.7. The Kier molecular flexibility index (Phi) is 4.24. The van der Waals surface area contributed by atoms with E-state index in [1.54, 1.807) is 18.4 Å². The zero-order valence-electron chi connectivity index (χ0n) is 14.6. The number of fused-ring (bicyclic) bond motifs is 1. The maximum absolute atomic E-state index is 11.7. The lowest BCUT2D eigenvalue weighted by Gasteiger charge is -2.24. The van der Waals surface area contributed by atoms with Crippen LogP contribution in [0.25, 0.3) is 21.3 Å². The quantitative estimate of drug-likeness (QED) is 0.755. The number of thiophene rings is 1. The Hall–Kier alpha value is -2.67. The topological polar surface area (TPSA) is 75.6 Å². The fourth-order valence-corrected chi connectivity index (χ4v) is 4.48. The first-order valence-corrected chi connectivity index (χ1v) is 9.36. The molecule has 4 rings (SSSR count). The SMILES string of the molecule is COc1ccc(-c2csc3nc(C)nc(N4CCCC4C(=O)O)c23)cc1. The van der Waals surface area contributed by atoms with Crippen molar-refractivity contribution >= 4 is 33.3 Å². The van der Waals surface area contributed by atoms with Gasteiger partial charge < -0.3 is 14.7 Å². The van der Waals surface area contributed by atoms with Gasteiger partial charge in [0.2, 0.25) is 0 Å². The van der Waals surface area contributed by atoms with Crippen molar-refractivity contribution in [1.82, 2.24) is 9.97 Å². The number of carbonyl (C=O) groups is 1. The predicted molar refractivity (Wildman–Crippen MR) is 102 cm³/mol. The molecule has 1 saturated heterocycles. The Bertz CT molecular complexity index is 968. The van der Waals surface area contributed by atoms with Gasteiger partial charge in [0.05, 0.1) is 12.5 Å². The molecule has 0 aliphatic carbocycles. The molecule has 0 saturated carbocycles. The van der Waals surface area contributed by atoms with E-state index in [9.17, 15) is 9.90 Å². The normalized spacial score (nSPS) is 17.0. The largest absolute Gasteiger partial charge is 0.497 e. The number of aromatic nitrogens is 2. The van der Waals surface area contributed by atoms with Crippen LogP contribution in [0.4, 0.5) is 5.82 Å². The standard InChI is InChI=1S/C19H19N3O3S/c1-11-20-17(22-9-3-4-15(22)19(23)24)16-14(10-26-18(16)21-11)12-5-7-13(25-2)8-6-12/h5-8,10,15H,3-4,9H2,1-2H3,(H,23,24). The van der Waals surface area contributed by atoms with E-state index < -0.39 is 12.0 Å². The molecule has 0 radical (unpaired) electrons. The Labute approximate surface area is 155 Å². The Balaban J connectivity index is 1.89. The molecule has 134 valence electrons. The summed E-state index contributed by atoms with van der Waals surface area (Å²) in [5.74, 6) is 1.38. The fourth-order valence-electron chi connectivity index (χ4n) is 3.50. The first-order valence-electron chi connectivity index (χ1n) is 8.48. The molecule has 3 heterocycles. The van der Waals surface area contributed by atoms with E-state index in [1.807, 2.05) is 36.1 Å². The van der Waals surface area contributed by atoms with Crippen LogP contribution in [0, 0.1) is 6.92 Å². The summed E-state index contributed by atoms with van der Waals surface area (Å²) < 4.78 is 5.24. The van der Waals surface area contributed by atoms with Gasteiger partial charge in [-0.1, -0.05) is 12.1 Å². The smallest absolute Gasteiger partial charge is 0.326 e. The minimum Gasteiger partial charge on any atom is -0.497 e. The van der Waals surface area contributed by atoms with Crippen molar-refractivity contribution in [2.75, 3.05) is 18.6 Å². The van der Waals surface area contributed by atoms with Gasteiger partial charge in [-0.25, -0.2) is 14.8 Å². The third kappa shape index (κ3) is 2.78. The lowest BCUT2D eigenvalue weighted by Crippen LogP contribution is -2.36. The molecule has 1 N–H and O–H groups in total. The van der Waals surface area contributed by atoms with Gasteiger partial charge in [-0.2, -0.15) is 0 Å². The van der Waals surface area contributed by atoms with Crippen molar-refractivity contribution in [3.63, 3.8) is 0 Å². The number of nitrogens with zero attached hydrogens (tertiary/aromatic N) is 3. The van der Waals surface area contributed by atoms with Gasteiger partial charge in [-0.15, -0.1) is 11.3 Å². The number of rotatable bonds is 4. The molecule has 3 aromatic rings. The number of ether oxygens (including phenoxy) is 1. The summed E-state index contributed by atoms with van der Waals surface area (Å²) in [6.07, 6.45) is 1.49. The van der Waals surface area contributed by atoms with E-state index in [0.717, 1.165) is 39.3 Å². The third-order valence-corrected chi connectivity index (χ3v) is 5.61. The number of hydrogen-bond acceptors (Lipinski definition) is 6. The summed E-state index contributed by atoms with van der Waals surface area (Å²) in [5, 5.41) is 12.6. The summed E-state index contributed by atoms with van der Waals surface area (Å²) in [6, 6.07) is 7.31. The average molecular weight is 369 g/mol. The number of aliphatic carboxylic acids is 1. The monoisotopic (exact) mass is 369 g/mol. The highest BCUT2D eigenvalue weighted by molar-refractivity contribution is 7.17. The van der Waals surface area contributed by atoms with Crippen molar-refractivity contribution < 1.29 is 14.6 Å². The number of carboxylic acid groups (broad SMARTS) is 1. The van der Waals surface area contributed by atoms with Gasteiger partial charge in [0, 0.05) is 17.5 Å². The van der Waals surface area contributed by atoms with Gasteiger partial charge in [-0.3, -0.25) is 0 Å². The summed E-state index contributed by atoms with van der Waals surface area (Å²) in [5.41, 5.74) is 2.07. The zero-order valence-corrected chi connectivity index (χ0v) is 15.4. The Morgan fingerprint density at radius 2 is 2.08 bits per heavy atom. The number of anilines is 1. The van der Waals surface area contributed by atoms with E-state index in [-0.39, 0.29) is 0 Å². The zero-order chi connectivity index (χ0) is 18.3. The number of methoxy groups -OCH3 is 1. The van der Waals surface area contributed by atoms with Crippen LogP contribution >= 0.6 is 11.3 Å². The van der Waals surface area contributed by atoms with Crippen molar-refractivity contribution in [3.05, 3.63) is 35.5 Å². The molecule has 1 aliphatic rings. The van der Waals surface area contributed by atoms with E-state index in [0.29, 0.717) is 18.8 Å². The highest BCUT2D eigenvalue weighted by Gasteiger charge is 2.33. The maximum Gasteiger partial charge on any atom is 0.326 e. The second-order valence-electron chi connectivity index (χ2n) is 6.34. The van der Waals surface area contributed by atoms with E-state index in [4.69, 9.17) is 4.74 Å². The summed E-state index contributed by atoms with van der Waals surface area (Å²) >= 11 is 1.56. The molecular formula is C19H19N3O3S. The summed E-state index contributed by atoms with van der Waals surface area (Å²) in [4.78, 5) is 23.7. The Morgan fingerprint density at radius 3 is 2.77 bits per heavy atom. The fraction of sp³-hybridized carbons (Fsp3) is 0.316.